The van der Waals surface area contributed by atoms with E-state index in [1.807, 2.05) is 36.4 Å². The molecule has 0 aliphatic rings. The molecule has 2 aromatic rings. The molecular formula is C24H30N2O2. The number of methoxy groups -OCH3 is 2. The smallest absolute Gasteiger partial charge is 0.164 e. The van der Waals surface area contributed by atoms with Gasteiger partial charge in [-0.3, -0.25) is 0 Å². The third-order valence-electron chi connectivity index (χ3n) is 3.81. The van der Waals surface area contributed by atoms with E-state index in [0.717, 1.165) is 40.4 Å². The highest BCUT2D eigenvalue weighted by molar-refractivity contribution is 5.58. The van der Waals surface area contributed by atoms with Gasteiger partial charge in [0.2, 0.25) is 0 Å². The Morgan fingerprint density at radius 3 is 2.29 bits per heavy atom. The second-order valence-corrected chi connectivity index (χ2v) is 5.61. The number of ether oxygens (including phenoxy) is 2. The van der Waals surface area contributed by atoms with Crippen LogP contribution in [-0.4, -0.2) is 14.2 Å². The van der Waals surface area contributed by atoms with E-state index in [2.05, 4.69) is 50.6 Å². The third kappa shape index (κ3) is 6.99. The van der Waals surface area contributed by atoms with E-state index in [-0.39, 0.29) is 0 Å². The second-order valence-electron chi connectivity index (χ2n) is 5.61. The van der Waals surface area contributed by atoms with Gasteiger partial charge in [-0.05, 0) is 48.7 Å². The van der Waals surface area contributed by atoms with Crippen molar-refractivity contribution in [2.75, 3.05) is 25.3 Å². The average molecular weight is 379 g/mol. The predicted molar refractivity (Wildman–Crippen MR) is 121 cm³/mol. The molecule has 0 radical (unpaired) electrons. The molecule has 0 aromatic heterocycles. The van der Waals surface area contributed by atoms with Crippen LogP contribution in [0.3, 0.4) is 0 Å². The van der Waals surface area contributed by atoms with Crippen molar-refractivity contribution >= 4 is 11.4 Å². The molecule has 0 unspecified atom stereocenters. The van der Waals surface area contributed by atoms with Crippen LogP contribution in [-0.2, 0) is 13.0 Å². The number of hydrogen-bond acceptors (Lipinski definition) is 4. The first kappa shape index (κ1) is 24.5. The van der Waals surface area contributed by atoms with E-state index in [4.69, 9.17) is 15.2 Å². The average Bonchev–Trinajstić information content (AvgIpc) is 2.69. The van der Waals surface area contributed by atoms with Gasteiger partial charge in [-0.2, -0.15) is 0 Å². The molecule has 0 spiro atoms. The minimum atomic E-state index is 0.679. The number of hydrogen-bond donors (Lipinski definition) is 2. The van der Waals surface area contributed by atoms with E-state index >= 15 is 0 Å². The molecule has 148 valence electrons. The summed E-state index contributed by atoms with van der Waals surface area (Å²) in [5.74, 6) is 1.51. The molecule has 0 aliphatic carbocycles. The maximum absolute atomic E-state index is 5.83. The molecule has 0 aliphatic heterocycles. The number of benzene rings is 2. The maximum Gasteiger partial charge on any atom is 0.164 e. The summed E-state index contributed by atoms with van der Waals surface area (Å²) in [7, 11) is 3.31. The molecule has 0 fully saturated rings. The lowest BCUT2D eigenvalue weighted by atomic mass is 9.97. The first-order valence-electron chi connectivity index (χ1n) is 8.58. The van der Waals surface area contributed by atoms with Gasteiger partial charge in [-0.1, -0.05) is 25.3 Å². The van der Waals surface area contributed by atoms with Crippen LogP contribution in [0.15, 0.2) is 61.9 Å². The molecule has 0 bridgehead atoms. The van der Waals surface area contributed by atoms with Crippen molar-refractivity contribution < 1.29 is 9.47 Å². The van der Waals surface area contributed by atoms with E-state index in [1.165, 1.54) is 5.56 Å². The van der Waals surface area contributed by atoms with Crippen molar-refractivity contribution in [3.05, 3.63) is 78.6 Å². The van der Waals surface area contributed by atoms with Crippen molar-refractivity contribution in [1.29, 1.82) is 0 Å². The summed E-state index contributed by atoms with van der Waals surface area (Å²) in [6, 6.07) is 9.73. The standard InChI is InChI=1S/C19H24N2O2.C3H4.C2H2/c1-5-7-16-17(12-21-15-9-6-8-14(20)11-15)13(2)10-18(22-3)19(16)23-4;1-3-2;1-2/h5-6,8-11,21H,1,7,12,20H2,2-4H3;1-2H2;1-2H. The predicted octanol–water partition coefficient (Wildman–Crippen LogP) is 5.14. The fraction of sp³-hybridized carbons (Fsp3) is 0.208. The zero-order chi connectivity index (χ0) is 21.5. The molecule has 3 N–H and O–H groups in total. The van der Waals surface area contributed by atoms with Gasteiger partial charge in [0.15, 0.2) is 11.5 Å². The van der Waals surface area contributed by atoms with Crippen LogP contribution < -0.4 is 20.5 Å². The van der Waals surface area contributed by atoms with Gasteiger partial charge in [-0.25, -0.2) is 0 Å². The highest BCUT2D eigenvalue weighted by atomic mass is 16.5. The SMILES string of the molecule is C#C.C=C=C.C=CCc1c(CNc2cccc(N)c2)c(C)cc(OC)c1OC. The number of nitrogens with two attached hydrogens (primary N) is 1. The van der Waals surface area contributed by atoms with Crippen LogP contribution in [0.2, 0.25) is 0 Å². The quantitative estimate of drug-likeness (QED) is 0.303. The minimum absolute atomic E-state index is 0.679. The number of anilines is 2. The monoisotopic (exact) mass is 378 g/mol. The molecule has 0 atom stereocenters. The van der Waals surface area contributed by atoms with E-state index in [1.54, 1.807) is 14.2 Å². The molecule has 4 nitrogen and oxygen atoms in total. The first-order valence-corrected chi connectivity index (χ1v) is 8.58. The van der Waals surface area contributed by atoms with Gasteiger partial charge in [-0.15, -0.1) is 25.2 Å². The lowest BCUT2D eigenvalue weighted by Crippen LogP contribution is -2.08. The van der Waals surface area contributed by atoms with Crippen LogP contribution in [0.1, 0.15) is 16.7 Å². The Morgan fingerprint density at radius 2 is 1.79 bits per heavy atom. The van der Waals surface area contributed by atoms with Crippen LogP contribution in [0.4, 0.5) is 11.4 Å². The highest BCUT2D eigenvalue weighted by Crippen LogP contribution is 2.36. The van der Waals surface area contributed by atoms with Gasteiger partial charge < -0.3 is 20.5 Å². The van der Waals surface area contributed by atoms with Crippen molar-refractivity contribution in [2.24, 2.45) is 0 Å². The van der Waals surface area contributed by atoms with Crippen molar-refractivity contribution in [3.8, 4) is 24.3 Å². The molecule has 0 saturated carbocycles. The van der Waals surface area contributed by atoms with E-state index < -0.39 is 0 Å². The van der Waals surface area contributed by atoms with Crippen LogP contribution in [0, 0.1) is 19.8 Å². The normalized spacial score (nSPS) is 8.75. The van der Waals surface area contributed by atoms with Gasteiger partial charge in [0.05, 0.1) is 14.2 Å². The summed E-state index contributed by atoms with van der Waals surface area (Å²) in [5, 5.41) is 3.42. The molecule has 2 rings (SSSR count). The molecule has 2 aromatic carbocycles. The molecule has 0 heterocycles. The van der Waals surface area contributed by atoms with Crippen molar-refractivity contribution in [1.82, 2.24) is 0 Å². The van der Waals surface area contributed by atoms with Crippen molar-refractivity contribution in [3.63, 3.8) is 0 Å². The van der Waals surface area contributed by atoms with Gasteiger partial charge in [0.1, 0.15) is 0 Å². The number of nitrogens with one attached hydrogen (secondary N) is 1. The zero-order valence-electron chi connectivity index (χ0n) is 17.0. The highest BCUT2D eigenvalue weighted by Gasteiger charge is 2.16. The first-order chi connectivity index (χ1) is 13.5. The van der Waals surface area contributed by atoms with Gasteiger partial charge >= 0.3 is 0 Å². The Morgan fingerprint density at radius 1 is 1.14 bits per heavy atom. The number of aryl methyl sites for hydroxylation is 1. The Kier molecular flexibility index (Phi) is 11.9. The Hall–Kier alpha value is -3.54. The number of allylic oxidation sites excluding steroid dienone is 1. The summed E-state index contributed by atoms with van der Waals surface area (Å²) < 4.78 is 11.0. The summed E-state index contributed by atoms with van der Waals surface area (Å²) in [4.78, 5) is 0. The molecular weight excluding hydrogens is 348 g/mol. The van der Waals surface area contributed by atoms with E-state index in [9.17, 15) is 0 Å². The molecule has 0 saturated heterocycles. The second kappa shape index (κ2) is 13.6. The third-order valence-corrected chi connectivity index (χ3v) is 3.81. The summed E-state index contributed by atoms with van der Waals surface area (Å²) in [6.07, 6.45) is 10.6. The molecule has 28 heavy (non-hydrogen) atoms. The van der Waals surface area contributed by atoms with Gasteiger partial charge in [0.25, 0.3) is 0 Å². The Bertz CT molecular complexity index is 817. The zero-order valence-corrected chi connectivity index (χ0v) is 17.0. The fourth-order valence-electron chi connectivity index (χ4n) is 2.69. The minimum Gasteiger partial charge on any atom is -0.493 e. The summed E-state index contributed by atoms with van der Waals surface area (Å²) in [6.45, 7) is 12.9. The van der Waals surface area contributed by atoms with Crippen LogP contribution >= 0.6 is 0 Å². The van der Waals surface area contributed by atoms with Gasteiger partial charge in [0, 0.05) is 23.5 Å². The Labute approximate surface area is 169 Å². The van der Waals surface area contributed by atoms with E-state index in [0.29, 0.717) is 6.54 Å². The Balaban J connectivity index is 0.00000133. The lowest BCUT2D eigenvalue weighted by molar-refractivity contribution is 0.351. The largest absolute Gasteiger partial charge is 0.493 e. The molecule has 4 heteroatoms. The van der Waals surface area contributed by atoms with Crippen LogP contribution in [0.25, 0.3) is 0 Å². The lowest BCUT2D eigenvalue weighted by Gasteiger charge is -2.19. The fourth-order valence-corrected chi connectivity index (χ4v) is 2.69. The van der Waals surface area contributed by atoms with Crippen LogP contribution in [0.5, 0.6) is 11.5 Å². The number of rotatable bonds is 7. The van der Waals surface area contributed by atoms with Crippen molar-refractivity contribution in [2.45, 2.75) is 19.9 Å². The molecule has 0 amide bonds. The summed E-state index contributed by atoms with van der Waals surface area (Å²) >= 11 is 0. The maximum atomic E-state index is 5.83. The topological polar surface area (TPSA) is 56.5 Å². The summed E-state index contributed by atoms with van der Waals surface area (Å²) in [5.41, 5.74) is 13.2. The number of terminal acetylenes is 1. The number of nitrogen functional groups attached to an aromatic ring is 1.